The van der Waals surface area contributed by atoms with Gasteiger partial charge in [-0.3, -0.25) is 0 Å². The molecule has 118 valence electrons. The molecular formula is C17H21ClN2O2. The fourth-order valence-corrected chi connectivity index (χ4v) is 3.26. The number of benzene rings is 1. The Bertz CT molecular complexity index is 734. The Morgan fingerprint density at radius 3 is 2.68 bits per heavy atom. The Balaban J connectivity index is 0.00000176. The molecule has 0 bridgehead atoms. The van der Waals surface area contributed by atoms with Crippen LogP contribution in [0.25, 0.3) is 10.9 Å². The number of nitrogens with zero attached hydrogens (tertiary/aromatic N) is 2. The van der Waals surface area contributed by atoms with Crippen molar-refractivity contribution in [3.8, 4) is 0 Å². The fourth-order valence-electron chi connectivity index (χ4n) is 3.26. The Morgan fingerprint density at radius 1 is 1.27 bits per heavy atom. The number of hydrogen-bond donors (Lipinski definition) is 1. The Kier molecular flexibility index (Phi) is 4.94. The molecule has 1 N–H and O–H groups in total. The average Bonchev–Trinajstić information content (AvgIpc) is 2.73. The minimum absolute atomic E-state index is 0. The van der Waals surface area contributed by atoms with Crippen molar-refractivity contribution in [2.24, 2.45) is 7.05 Å². The molecule has 2 heterocycles. The van der Waals surface area contributed by atoms with Crippen molar-refractivity contribution in [1.29, 1.82) is 0 Å². The molecule has 1 aliphatic heterocycles. The summed E-state index contributed by atoms with van der Waals surface area (Å²) in [5.74, 6) is -0.853. The third-order valence-electron chi connectivity index (χ3n) is 4.24. The first-order valence-corrected chi connectivity index (χ1v) is 7.24. The van der Waals surface area contributed by atoms with Crippen molar-refractivity contribution in [3.05, 3.63) is 47.2 Å². The summed E-state index contributed by atoms with van der Waals surface area (Å²) in [7, 11) is 3.94. The van der Waals surface area contributed by atoms with Crippen LogP contribution in [-0.2, 0) is 13.5 Å². The first-order valence-electron chi connectivity index (χ1n) is 7.24. The third-order valence-corrected chi connectivity index (χ3v) is 4.24. The first kappa shape index (κ1) is 16.6. The molecule has 0 atom stereocenters. The highest BCUT2D eigenvalue weighted by molar-refractivity contribution is 5.98. The first-order chi connectivity index (χ1) is 10.1. The minimum Gasteiger partial charge on any atom is -0.477 e. The standard InChI is InChI=1S/C17H20N2O2.ClH/c1-18-9-5-6-12(11-18)10-14-13-7-3-4-8-15(13)19(2)16(14)17(20)21;/h3-4,6-8H,5,9-11H2,1-2H3,(H,20,21);1H. The van der Waals surface area contributed by atoms with E-state index in [4.69, 9.17) is 0 Å². The molecule has 3 rings (SSSR count). The van der Waals surface area contributed by atoms with Crippen LogP contribution < -0.4 is 0 Å². The summed E-state index contributed by atoms with van der Waals surface area (Å²) in [6, 6.07) is 7.92. The number of hydrogen-bond acceptors (Lipinski definition) is 2. The van der Waals surface area contributed by atoms with Gasteiger partial charge in [-0.1, -0.05) is 29.8 Å². The van der Waals surface area contributed by atoms with Crippen molar-refractivity contribution in [2.75, 3.05) is 20.1 Å². The number of carboxylic acid groups (broad SMARTS) is 1. The number of aromatic carboxylic acids is 1. The van der Waals surface area contributed by atoms with Gasteiger partial charge in [0, 0.05) is 31.0 Å². The maximum atomic E-state index is 11.7. The summed E-state index contributed by atoms with van der Waals surface area (Å²) in [6.45, 7) is 1.99. The van der Waals surface area contributed by atoms with Gasteiger partial charge in [-0.15, -0.1) is 12.4 Å². The summed E-state index contributed by atoms with van der Waals surface area (Å²) < 4.78 is 1.79. The Hall–Kier alpha value is -1.78. The van der Waals surface area contributed by atoms with E-state index in [2.05, 4.69) is 18.0 Å². The fraction of sp³-hybridized carbons (Fsp3) is 0.353. The van der Waals surface area contributed by atoms with Crippen LogP contribution in [0, 0.1) is 0 Å². The second kappa shape index (κ2) is 6.55. The van der Waals surface area contributed by atoms with E-state index in [1.54, 1.807) is 4.57 Å². The predicted octanol–water partition coefficient (Wildman–Crippen LogP) is 3.10. The molecule has 0 radical (unpaired) electrons. The van der Waals surface area contributed by atoms with E-state index < -0.39 is 5.97 Å². The largest absolute Gasteiger partial charge is 0.477 e. The molecular weight excluding hydrogens is 300 g/mol. The molecule has 0 amide bonds. The average molecular weight is 321 g/mol. The highest BCUT2D eigenvalue weighted by Gasteiger charge is 2.21. The third kappa shape index (κ3) is 2.89. The van der Waals surface area contributed by atoms with Crippen LogP contribution >= 0.6 is 12.4 Å². The molecule has 5 heteroatoms. The second-order valence-electron chi connectivity index (χ2n) is 5.77. The van der Waals surface area contributed by atoms with Crippen molar-refractivity contribution in [2.45, 2.75) is 12.8 Å². The van der Waals surface area contributed by atoms with Gasteiger partial charge < -0.3 is 14.6 Å². The number of para-hydroxylation sites is 1. The van der Waals surface area contributed by atoms with Crippen molar-refractivity contribution in [1.82, 2.24) is 9.47 Å². The van der Waals surface area contributed by atoms with Gasteiger partial charge in [0.2, 0.25) is 0 Å². The summed E-state index contributed by atoms with van der Waals surface area (Å²) in [4.78, 5) is 13.9. The van der Waals surface area contributed by atoms with Crippen LogP contribution in [0.3, 0.4) is 0 Å². The molecule has 1 aromatic carbocycles. The van der Waals surface area contributed by atoms with Crippen LogP contribution in [0.1, 0.15) is 22.5 Å². The Morgan fingerprint density at radius 2 is 2.00 bits per heavy atom. The summed E-state index contributed by atoms with van der Waals surface area (Å²) in [5, 5.41) is 10.6. The van der Waals surface area contributed by atoms with E-state index in [-0.39, 0.29) is 12.4 Å². The smallest absolute Gasteiger partial charge is 0.352 e. The van der Waals surface area contributed by atoms with Crippen LogP contribution in [0.4, 0.5) is 0 Å². The number of likely N-dealkylation sites (N-methyl/N-ethyl adjacent to an activating group) is 1. The van der Waals surface area contributed by atoms with Crippen LogP contribution in [-0.4, -0.2) is 40.7 Å². The molecule has 0 saturated carbocycles. The van der Waals surface area contributed by atoms with E-state index in [1.807, 2.05) is 31.3 Å². The number of aryl methyl sites for hydroxylation is 1. The molecule has 22 heavy (non-hydrogen) atoms. The summed E-state index contributed by atoms with van der Waals surface area (Å²) in [5.41, 5.74) is 3.63. The predicted molar refractivity (Wildman–Crippen MR) is 91.0 cm³/mol. The lowest BCUT2D eigenvalue weighted by molar-refractivity contribution is 0.0686. The number of fused-ring (bicyclic) bond motifs is 1. The lowest BCUT2D eigenvalue weighted by atomic mass is 9.98. The van der Waals surface area contributed by atoms with E-state index in [9.17, 15) is 9.90 Å². The SMILES string of the molecule is CN1CCC=C(Cc2c(C(=O)O)n(C)c3ccccc23)C1.Cl. The highest BCUT2D eigenvalue weighted by Crippen LogP contribution is 2.28. The zero-order valence-electron chi connectivity index (χ0n) is 12.9. The zero-order chi connectivity index (χ0) is 15.0. The zero-order valence-corrected chi connectivity index (χ0v) is 13.7. The molecule has 0 aliphatic carbocycles. The molecule has 2 aromatic rings. The van der Waals surface area contributed by atoms with E-state index >= 15 is 0 Å². The van der Waals surface area contributed by atoms with Gasteiger partial charge in [-0.25, -0.2) is 4.79 Å². The quantitative estimate of drug-likeness (QED) is 0.884. The number of carbonyl (C=O) groups is 1. The summed E-state index contributed by atoms with van der Waals surface area (Å²) >= 11 is 0. The van der Waals surface area contributed by atoms with Gasteiger partial charge in [-0.2, -0.15) is 0 Å². The maximum Gasteiger partial charge on any atom is 0.352 e. The molecule has 4 nitrogen and oxygen atoms in total. The number of carboxylic acids is 1. The van der Waals surface area contributed by atoms with Gasteiger partial charge in [0.1, 0.15) is 5.69 Å². The van der Waals surface area contributed by atoms with Crippen molar-refractivity contribution < 1.29 is 9.90 Å². The minimum atomic E-state index is -0.853. The highest BCUT2D eigenvalue weighted by atomic mass is 35.5. The number of aromatic nitrogens is 1. The van der Waals surface area contributed by atoms with Gasteiger partial charge in [0.15, 0.2) is 0 Å². The number of rotatable bonds is 3. The van der Waals surface area contributed by atoms with Gasteiger partial charge in [0.05, 0.1) is 0 Å². The lowest BCUT2D eigenvalue weighted by Crippen LogP contribution is -2.26. The lowest BCUT2D eigenvalue weighted by Gasteiger charge is -2.23. The van der Waals surface area contributed by atoms with Crippen molar-refractivity contribution in [3.63, 3.8) is 0 Å². The van der Waals surface area contributed by atoms with E-state index in [0.717, 1.165) is 36.0 Å². The van der Waals surface area contributed by atoms with Gasteiger partial charge in [0.25, 0.3) is 0 Å². The molecule has 1 aliphatic rings. The Labute approximate surface area is 136 Å². The molecule has 0 spiro atoms. The topological polar surface area (TPSA) is 45.5 Å². The van der Waals surface area contributed by atoms with Crippen LogP contribution in [0.5, 0.6) is 0 Å². The maximum absolute atomic E-state index is 11.7. The van der Waals surface area contributed by atoms with E-state index in [1.165, 1.54) is 5.57 Å². The van der Waals surface area contributed by atoms with Gasteiger partial charge in [-0.05, 0) is 31.5 Å². The monoisotopic (exact) mass is 320 g/mol. The van der Waals surface area contributed by atoms with Crippen LogP contribution in [0.15, 0.2) is 35.9 Å². The molecule has 0 unspecified atom stereocenters. The number of halogens is 1. The molecule has 0 fully saturated rings. The molecule has 1 aromatic heterocycles. The van der Waals surface area contributed by atoms with Crippen molar-refractivity contribution >= 4 is 29.3 Å². The normalized spacial score (nSPS) is 15.5. The summed E-state index contributed by atoms with van der Waals surface area (Å²) in [6.07, 6.45) is 4.01. The van der Waals surface area contributed by atoms with Crippen LogP contribution in [0.2, 0.25) is 0 Å². The van der Waals surface area contributed by atoms with E-state index in [0.29, 0.717) is 12.1 Å². The second-order valence-corrected chi connectivity index (χ2v) is 5.77. The molecule has 0 saturated heterocycles. The van der Waals surface area contributed by atoms with Gasteiger partial charge >= 0.3 is 5.97 Å².